The minimum absolute atomic E-state index is 0.0242. The fourth-order valence-corrected chi connectivity index (χ4v) is 1.86. The van der Waals surface area contributed by atoms with E-state index in [0.717, 1.165) is 0 Å². The highest BCUT2D eigenvalue weighted by molar-refractivity contribution is 6.34. The van der Waals surface area contributed by atoms with Gasteiger partial charge in [0.25, 0.3) is 0 Å². The molecule has 1 aliphatic heterocycles. The number of hydrogen-bond acceptors (Lipinski definition) is 5. The molecule has 0 atom stereocenters. The molecule has 0 saturated carbocycles. The van der Waals surface area contributed by atoms with E-state index in [1.807, 2.05) is 0 Å². The Hall–Kier alpha value is -2.00. The van der Waals surface area contributed by atoms with Gasteiger partial charge in [-0.2, -0.15) is 0 Å². The molecule has 6 nitrogen and oxygen atoms in total. The monoisotopic (exact) mass is 257 g/mol. The van der Waals surface area contributed by atoms with E-state index >= 15 is 0 Å². The molecule has 90 valence electrons. The van der Waals surface area contributed by atoms with Crippen LogP contribution in [0.4, 0.5) is 0 Å². The van der Waals surface area contributed by atoms with E-state index in [1.54, 1.807) is 0 Å². The first kappa shape index (κ1) is 11.5. The van der Waals surface area contributed by atoms with E-state index in [9.17, 15) is 5.21 Å². The van der Waals surface area contributed by atoms with E-state index in [2.05, 4.69) is 11.1 Å². The summed E-state index contributed by atoms with van der Waals surface area (Å²) in [5, 5.41) is 13.0. The smallest absolute Gasteiger partial charge is 0.342 e. The molecule has 2 rings (SSSR count). The molecular weight excluding hydrogens is 250 g/mol. The molecule has 1 aromatic carbocycles. The summed E-state index contributed by atoms with van der Waals surface area (Å²) in [7, 11) is 2.84. The van der Waals surface area contributed by atoms with E-state index in [1.165, 1.54) is 14.2 Å². The second-order valence-corrected chi connectivity index (χ2v) is 3.40. The Balaban J connectivity index is 2.78. The molecule has 0 aliphatic carbocycles. The largest absolute Gasteiger partial charge is 0.498 e. The Kier molecular flexibility index (Phi) is 3.02. The van der Waals surface area contributed by atoms with Crippen LogP contribution in [-0.4, -0.2) is 21.0 Å². The normalized spacial score (nSPS) is 11.7. The quantitative estimate of drug-likeness (QED) is 0.761. The maximum atomic E-state index is 10.3. The van der Waals surface area contributed by atoms with Gasteiger partial charge in [-0.1, -0.05) is 11.6 Å². The van der Waals surface area contributed by atoms with Crippen molar-refractivity contribution in [3.05, 3.63) is 20.8 Å². The van der Waals surface area contributed by atoms with E-state index in [4.69, 9.17) is 30.5 Å². The highest BCUT2D eigenvalue weighted by atomic mass is 35.5. The minimum Gasteiger partial charge on any atom is -0.498 e. The van der Waals surface area contributed by atoms with Crippen LogP contribution in [0.15, 0.2) is 0 Å². The number of rotatable bonds is 2. The molecule has 0 radical (unpaired) electrons. The maximum absolute atomic E-state index is 10.3. The van der Waals surface area contributed by atoms with Crippen LogP contribution >= 0.6 is 11.6 Å². The van der Waals surface area contributed by atoms with Crippen molar-refractivity contribution in [2.45, 2.75) is 0 Å². The van der Waals surface area contributed by atoms with Crippen molar-refractivity contribution in [1.82, 2.24) is 0 Å². The van der Waals surface area contributed by atoms with Crippen molar-refractivity contribution in [3.63, 3.8) is 0 Å². The highest BCUT2D eigenvalue weighted by Gasteiger charge is 2.32. The van der Waals surface area contributed by atoms with Crippen molar-refractivity contribution < 1.29 is 18.9 Å². The Morgan fingerprint density at radius 1 is 1.24 bits per heavy atom. The molecule has 0 N–H and O–H groups in total. The minimum atomic E-state index is 0.0242. The molecule has 1 heterocycles. The molecule has 0 aromatic heterocycles. The molecular formula is C10H8ClNO5. The average molecular weight is 258 g/mol. The van der Waals surface area contributed by atoms with Crippen LogP contribution in [0.3, 0.4) is 0 Å². The van der Waals surface area contributed by atoms with Gasteiger partial charge in [-0.05, 0) is 0 Å². The van der Waals surface area contributed by atoms with Crippen LogP contribution < -0.4 is 18.9 Å². The van der Waals surface area contributed by atoms with E-state index in [0.29, 0.717) is 11.5 Å². The zero-order valence-corrected chi connectivity index (χ0v) is 9.83. The van der Waals surface area contributed by atoms with Crippen LogP contribution in [0.25, 0.3) is 5.01 Å². The number of halogens is 1. The van der Waals surface area contributed by atoms with Crippen molar-refractivity contribution in [3.8, 4) is 29.1 Å². The molecule has 0 bridgehead atoms. The maximum Gasteiger partial charge on any atom is 0.342 e. The third-order valence-electron chi connectivity index (χ3n) is 2.24. The summed E-state index contributed by atoms with van der Waals surface area (Å²) in [6, 6.07) is 2.20. The van der Waals surface area contributed by atoms with Crippen LogP contribution in [0.5, 0.6) is 23.0 Å². The number of hydrogen-bond donors (Lipinski definition) is 0. The summed E-state index contributed by atoms with van der Waals surface area (Å²) in [5.41, 5.74) is 0.172. The lowest BCUT2D eigenvalue weighted by Gasteiger charge is -2.11. The number of methoxy groups -OCH3 is 2. The highest BCUT2D eigenvalue weighted by Crippen LogP contribution is 2.53. The van der Waals surface area contributed by atoms with Gasteiger partial charge in [-0.3, -0.25) is 0 Å². The van der Waals surface area contributed by atoms with Crippen molar-refractivity contribution in [2.75, 3.05) is 21.0 Å². The third-order valence-corrected chi connectivity index (χ3v) is 2.60. The summed E-state index contributed by atoms with van der Waals surface area (Å²) in [4.78, 5) is 0. The van der Waals surface area contributed by atoms with Gasteiger partial charge in [0, 0.05) is 5.01 Å². The summed E-state index contributed by atoms with van der Waals surface area (Å²) in [6.45, 7) is 0.0242. The SMILES string of the molecule is COc1c(Cl)c(C#[N+][O-])c(OC)c2c1OCO2. The summed E-state index contributed by atoms with van der Waals surface area (Å²) in [5.74, 6) is 1.15. The van der Waals surface area contributed by atoms with Crippen LogP contribution in [0.1, 0.15) is 5.56 Å². The first-order chi connectivity index (χ1) is 8.24. The third kappa shape index (κ3) is 1.65. The number of fused-ring (bicyclic) bond motifs is 1. The van der Waals surface area contributed by atoms with Crippen LogP contribution in [-0.2, 0) is 0 Å². The molecule has 1 aromatic rings. The van der Waals surface area contributed by atoms with Gasteiger partial charge in [-0.15, -0.1) is 0 Å². The molecule has 17 heavy (non-hydrogen) atoms. The second-order valence-electron chi connectivity index (χ2n) is 3.02. The standard InChI is InChI=1S/C10H8ClNO5/c1-14-7-5(3-12-13)6(11)8(15-2)10-9(7)16-4-17-10/h4H2,1-2H3. The van der Waals surface area contributed by atoms with Gasteiger partial charge in [0.15, 0.2) is 17.1 Å². The Morgan fingerprint density at radius 2 is 1.82 bits per heavy atom. The van der Waals surface area contributed by atoms with Crippen molar-refractivity contribution in [1.29, 1.82) is 0 Å². The van der Waals surface area contributed by atoms with Gasteiger partial charge in [0.1, 0.15) is 5.02 Å². The van der Waals surface area contributed by atoms with E-state index < -0.39 is 0 Å². The van der Waals surface area contributed by atoms with Gasteiger partial charge in [0.05, 0.1) is 14.2 Å². The molecule has 0 spiro atoms. The fraction of sp³-hybridized carbons (Fsp3) is 0.300. The van der Waals surface area contributed by atoms with Gasteiger partial charge in [-0.25, -0.2) is 0 Å². The average Bonchev–Trinajstić information content (AvgIpc) is 2.79. The number of nitrogens with zero attached hydrogens (tertiary/aromatic N) is 1. The number of ether oxygens (including phenoxy) is 4. The summed E-state index contributed by atoms with van der Waals surface area (Å²) in [6.07, 6.45) is 0. The topological polar surface area (TPSA) is 64.3 Å². The fourth-order valence-electron chi connectivity index (χ4n) is 1.56. The predicted molar refractivity (Wildman–Crippen MR) is 60.4 cm³/mol. The predicted octanol–water partition coefficient (Wildman–Crippen LogP) is 2.26. The lowest BCUT2D eigenvalue weighted by Crippen LogP contribution is -1.95. The van der Waals surface area contributed by atoms with Crippen molar-refractivity contribution >= 4 is 11.6 Å². The first-order valence-corrected chi connectivity index (χ1v) is 4.93. The molecule has 7 heteroatoms. The Labute approximate surface area is 102 Å². The molecule has 0 fully saturated rings. The zero-order valence-electron chi connectivity index (χ0n) is 9.07. The summed E-state index contributed by atoms with van der Waals surface area (Å²) >= 11 is 6.05. The van der Waals surface area contributed by atoms with Gasteiger partial charge >= 0.3 is 6.07 Å². The van der Waals surface area contributed by atoms with Gasteiger partial charge < -0.3 is 24.2 Å². The Morgan fingerprint density at radius 3 is 2.35 bits per heavy atom. The van der Waals surface area contributed by atoms with E-state index in [-0.39, 0.29) is 28.9 Å². The molecule has 1 aliphatic rings. The van der Waals surface area contributed by atoms with Crippen LogP contribution in [0, 0.1) is 11.3 Å². The zero-order chi connectivity index (χ0) is 12.4. The summed E-state index contributed by atoms with van der Waals surface area (Å²) < 4.78 is 20.7. The molecule has 0 saturated heterocycles. The first-order valence-electron chi connectivity index (χ1n) is 4.56. The van der Waals surface area contributed by atoms with Gasteiger partial charge in [0.2, 0.25) is 18.3 Å². The Bertz CT molecular complexity index is 520. The lowest BCUT2D eigenvalue weighted by atomic mass is 10.1. The van der Waals surface area contributed by atoms with Crippen LogP contribution in [0.2, 0.25) is 5.02 Å². The number of benzene rings is 1. The second kappa shape index (κ2) is 4.47. The molecule has 0 amide bonds. The molecule has 0 unspecified atom stereocenters. The van der Waals surface area contributed by atoms with Crippen molar-refractivity contribution in [2.24, 2.45) is 0 Å². The lowest BCUT2D eigenvalue weighted by molar-refractivity contribution is 0.168.